The molecule has 0 bridgehead atoms. The summed E-state index contributed by atoms with van der Waals surface area (Å²) < 4.78 is 25.2. The molecule has 0 aromatic heterocycles. The average molecular weight is 402 g/mol. The molecule has 1 saturated heterocycles. The Hall–Kier alpha value is -1.94. The smallest absolute Gasteiger partial charge is 0.338 e. The molecule has 2 aromatic rings. The van der Waals surface area contributed by atoms with Gasteiger partial charge in [0.25, 0.3) is 0 Å². The molecule has 5 nitrogen and oxygen atoms in total. The van der Waals surface area contributed by atoms with Gasteiger partial charge >= 0.3 is 5.97 Å². The third kappa shape index (κ3) is 5.11. The van der Waals surface area contributed by atoms with Gasteiger partial charge in [-0.2, -0.15) is 0 Å². The Bertz CT molecular complexity index is 804. The van der Waals surface area contributed by atoms with E-state index in [1.807, 2.05) is 60.7 Å². The standard InChI is InChI=1S/C22H27O5P/c1-21(2)26-17-22(27-21,20(23)24)13-14-28(25,15-18-9-5-3-6-10-18)16-19-11-7-4-8-12-19/h3-12H,13-17H2,1-2H3,(H,23,24). The highest BCUT2D eigenvalue weighted by molar-refractivity contribution is 7.62. The zero-order chi connectivity index (χ0) is 20.3. The van der Waals surface area contributed by atoms with Gasteiger partial charge in [0.05, 0.1) is 13.7 Å². The Morgan fingerprint density at radius 1 is 1.00 bits per heavy atom. The second kappa shape index (κ2) is 8.20. The number of carbonyl (C=O) groups is 1. The van der Waals surface area contributed by atoms with E-state index in [1.54, 1.807) is 13.8 Å². The van der Waals surface area contributed by atoms with E-state index in [-0.39, 0.29) is 19.2 Å². The molecule has 28 heavy (non-hydrogen) atoms. The van der Waals surface area contributed by atoms with Crippen LogP contribution < -0.4 is 0 Å². The van der Waals surface area contributed by atoms with Crippen LogP contribution in [0.4, 0.5) is 0 Å². The van der Waals surface area contributed by atoms with Crippen LogP contribution in [-0.2, 0) is 31.2 Å². The number of hydrogen-bond donors (Lipinski definition) is 1. The number of carboxylic acids is 1. The van der Waals surface area contributed by atoms with Crippen molar-refractivity contribution in [2.75, 3.05) is 12.8 Å². The van der Waals surface area contributed by atoms with Crippen molar-refractivity contribution in [1.29, 1.82) is 0 Å². The first kappa shape index (κ1) is 20.8. The van der Waals surface area contributed by atoms with E-state index in [0.717, 1.165) is 11.1 Å². The van der Waals surface area contributed by atoms with Crippen LogP contribution in [0.3, 0.4) is 0 Å². The quantitative estimate of drug-likeness (QED) is 0.646. The number of benzene rings is 2. The van der Waals surface area contributed by atoms with Gasteiger partial charge in [-0.1, -0.05) is 60.7 Å². The minimum atomic E-state index is -2.74. The molecule has 0 spiro atoms. The highest BCUT2D eigenvalue weighted by Gasteiger charge is 2.51. The van der Waals surface area contributed by atoms with Crippen LogP contribution in [0.2, 0.25) is 0 Å². The molecular formula is C22H27O5P. The normalized spacial score (nSPS) is 21.5. The number of aliphatic carboxylic acids is 1. The van der Waals surface area contributed by atoms with Crippen molar-refractivity contribution in [2.45, 2.75) is 44.0 Å². The van der Waals surface area contributed by atoms with Gasteiger partial charge in [-0.15, -0.1) is 0 Å². The predicted molar refractivity (Wildman–Crippen MR) is 109 cm³/mol. The Morgan fingerprint density at radius 2 is 1.50 bits per heavy atom. The van der Waals surface area contributed by atoms with Gasteiger partial charge in [0.1, 0.15) is 0 Å². The van der Waals surface area contributed by atoms with E-state index in [1.165, 1.54) is 0 Å². The summed E-state index contributed by atoms with van der Waals surface area (Å²) in [5.74, 6) is -2.02. The van der Waals surface area contributed by atoms with Crippen molar-refractivity contribution in [3.05, 3.63) is 71.8 Å². The van der Waals surface area contributed by atoms with Crippen molar-refractivity contribution >= 4 is 13.1 Å². The van der Waals surface area contributed by atoms with Crippen molar-refractivity contribution in [2.24, 2.45) is 0 Å². The van der Waals surface area contributed by atoms with Gasteiger partial charge in [-0.25, -0.2) is 4.79 Å². The lowest BCUT2D eigenvalue weighted by molar-refractivity contribution is -0.185. The Kier molecular flexibility index (Phi) is 6.09. The highest BCUT2D eigenvalue weighted by Crippen LogP contribution is 2.54. The zero-order valence-corrected chi connectivity index (χ0v) is 17.2. The fourth-order valence-corrected chi connectivity index (χ4v) is 6.54. The summed E-state index contributed by atoms with van der Waals surface area (Å²) in [5, 5.41) is 9.78. The maximum absolute atomic E-state index is 13.9. The van der Waals surface area contributed by atoms with Crippen LogP contribution in [0.25, 0.3) is 0 Å². The summed E-state index contributed by atoms with van der Waals surface area (Å²) in [6, 6.07) is 19.4. The first-order chi connectivity index (χ1) is 13.2. The molecular weight excluding hydrogens is 375 g/mol. The highest BCUT2D eigenvalue weighted by atomic mass is 31.2. The molecule has 1 atom stereocenters. The molecule has 1 aliphatic rings. The van der Waals surface area contributed by atoms with Crippen LogP contribution in [0, 0.1) is 0 Å². The first-order valence-electron chi connectivity index (χ1n) is 9.45. The lowest BCUT2D eigenvalue weighted by Gasteiger charge is -2.27. The van der Waals surface area contributed by atoms with E-state index in [4.69, 9.17) is 9.47 Å². The average Bonchev–Trinajstić information content (AvgIpc) is 2.98. The first-order valence-corrected chi connectivity index (χ1v) is 11.7. The fraction of sp³-hybridized carbons (Fsp3) is 0.409. The molecule has 1 aliphatic heterocycles. The number of ether oxygens (including phenoxy) is 2. The number of hydrogen-bond acceptors (Lipinski definition) is 4. The van der Waals surface area contributed by atoms with Crippen LogP contribution in [0.1, 0.15) is 31.4 Å². The van der Waals surface area contributed by atoms with E-state index in [2.05, 4.69) is 0 Å². The molecule has 1 N–H and O–H groups in total. The molecule has 3 rings (SSSR count). The Morgan fingerprint density at radius 3 is 1.89 bits per heavy atom. The van der Waals surface area contributed by atoms with Gasteiger partial charge in [0.15, 0.2) is 11.4 Å². The molecule has 0 amide bonds. The molecule has 1 heterocycles. The van der Waals surface area contributed by atoms with E-state index in [0.29, 0.717) is 12.3 Å². The third-order valence-electron chi connectivity index (χ3n) is 5.03. The Labute approximate surface area is 166 Å². The summed E-state index contributed by atoms with van der Waals surface area (Å²) >= 11 is 0. The number of rotatable bonds is 8. The van der Waals surface area contributed by atoms with Crippen LogP contribution in [0.5, 0.6) is 0 Å². The van der Waals surface area contributed by atoms with Crippen LogP contribution >= 0.6 is 7.14 Å². The maximum Gasteiger partial charge on any atom is 0.338 e. The van der Waals surface area contributed by atoms with E-state index >= 15 is 0 Å². The lowest BCUT2D eigenvalue weighted by atomic mass is 10.0. The molecule has 6 heteroatoms. The summed E-state index contributed by atoms with van der Waals surface area (Å²) in [6.45, 7) is 3.36. The van der Waals surface area contributed by atoms with Crippen LogP contribution in [0.15, 0.2) is 60.7 Å². The molecule has 1 fully saturated rings. The Balaban J connectivity index is 1.82. The van der Waals surface area contributed by atoms with Gasteiger partial charge < -0.3 is 19.1 Å². The van der Waals surface area contributed by atoms with E-state index < -0.39 is 24.5 Å². The number of carboxylic acid groups (broad SMARTS) is 1. The van der Waals surface area contributed by atoms with Gasteiger partial charge in [0, 0.05) is 18.5 Å². The molecule has 0 radical (unpaired) electrons. The fourth-order valence-electron chi connectivity index (χ4n) is 3.59. The zero-order valence-electron chi connectivity index (χ0n) is 16.3. The third-order valence-corrected chi connectivity index (χ3v) is 7.96. The van der Waals surface area contributed by atoms with Crippen molar-refractivity contribution in [1.82, 2.24) is 0 Å². The molecule has 0 saturated carbocycles. The molecule has 1 unspecified atom stereocenters. The van der Waals surface area contributed by atoms with Gasteiger partial charge in [0.2, 0.25) is 0 Å². The molecule has 0 aliphatic carbocycles. The van der Waals surface area contributed by atoms with E-state index in [9.17, 15) is 14.5 Å². The lowest BCUT2D eigenvalue weighted by Crippen LogP contribution is -2.43. The van der Waals surface area contributed by atoms with Crippen molar-refractivity contribution < 1.29 is 23.9 Å². The van der Waals surface area contributed by atoms with Gasteiger partial charge in [-0.3, -0.25) is 0 Å². The minimum Gasteiger partial charge on any atom is -0.479 e. The summed E-state index contributed by atoms with van der Waals surface area (Å²) in [5.41, 5.74) is 0.539. The predicted octanol–water partition coefficient (Wildman–Crippen LogP) is 4.75. The SMILES string of the molecule is CC1(C)OCC(CCP(=O)(Cc2ccccc2)Cc2ccccc2)(C(=O)O)O1. The largest absolute Gasteiger partial charge is 0.479 e. The monoisotopic (exact) mass is 402 g/mol. The van der Waals surface area contributed by atoms with Crippen LogP contribution in [-0.4, -0.2) is 35.2 Å². The second-order valence-corrected chi connectivity index (χ2v) is 11.1. The molecule has 2 aromatic carbocycles. The van der Waals surface area contributed by atoms with Crippen molar-refractivity contribution in [3.63, 3.8) is 0 Å². The van der Waals surface area contributed by atoms with Gasteiger partial charge in [-0.05, 0) is 31.4 Å². The maximum atomic E-state index is 13.9. The molecule has 150 valence electrons. The second-order valence-electron chi connectivity index (χ2n) is 7.91. The topological polar surface area (TPSA) is 72.8 Å². The minimum absolute atomic E-state index is 0.0357. The van der Waals surface area contributed by atoms with Crippen molar-refractivity contribution in [3.8, 4) is 0 Å². The summed E-state index contributed by atoms with van der Waals surface area (Å²) in [4.78, 5) is 12.0. The summed E-state index contributed by atoms with van der Waals surface area (Å²) in [6.07, 6.45) is 1.30. The summed E-state index contributed by atoms with van der Waals surface area (Å²) in [7, 11) is -2.74.